The highest BCUT2D eigenvalue weighted by molar-refractivity contribution is 5.90. The molecule has 2 aliphatic rings. The molecule has 6 nitrogen and oxygen atoms in total. The normalized spacial score (nSPS) is 21.8. The van der Waals surface area contributed by atoms with Crippen molar-refractivity contribution in [1.29, 1.82) is 0 Å². The summed E-state index contributed by atoms with van der Waals surface area (Å²) < 4.78 is 23.0. The molecule has 0 radical (unpaired) electrons. The average Bonchev–Trinajstić information content (AvgIpc) is 3.06. The monoisotopic (exact) mass is 604 g/mol. The zero-order valence-electron chi connectivity index (χ0n) is 26.7. The topological polar surface area (TPSA) is 71.1 Å². The van der Waals surface area contributed by atoms with E-state index in [2.05, 4.69) is 13.8 Å². The lowest BCUT2D eigenvalue weighted by Crippen LogP contribution is -2.24. The Morgan fingerprint density at radius 2 is 1.32 bits per heavy atom. The smallest absolute Gasteiger partial charge is 0.338 e. The van der Waals surface area contributed by atoms with Crippen LogP contribution in [-0.2, 0) is 14.2 Å². The Morgan fingerprint density at radius 1 is 0.705 bits per heavy atom. The summed E-state index contributed by atoms with van der Waals surface area (Å²) in [5.74, 6) is 1.47. The molecule has 4 rings (SSSR count). The molecule has 2 fully saturated rings. The Hall–Kier alpha value is -2.99. The van der Waals surface area contributed by atoms with E-state index in [-0.39, 0.29) is 18.0 Å². The van der Waals surface area contributed by atoms with Crippen LogP contribution in [0.1, 0.15) is 129 Å². The maximum atomic E-state index is 12.7. The van der Waals surface area contributed by atoms with E-state index in [1.54, 1.807) is 12.1 Å². The number of hydrogen-bond acceptors (Lipinski definition) is 6. The van der Waals surface area contributed by atoms with Crippen molar-refractivity contribution in [1.82, 2.24) is 0 Å². The Labute approximate surface area is 265 Å². The minimum Gasteiger partial charge on any atom is -0.494 e. The summed E-state index contributed by atoms with van der Waals surface area (Å²) in [6.07, 6.45) is 16.8. The van der Waals surface area contributed by atoms with E-state index in [1.165, 1.54) is 31.2 Å². The third kappa shape index (κ3) is 11.5. The van der Waals surface area contributed by atoms with Crippen molar-refractivity contribution >= 4 is 11.9 Å². The van der Waals surface area contributed by atoms with Gasteiger partial charge in [-0.05, 0) is 131 Å². The van der Waals surface area contributed by atoms with Crippen molar-refractivity contribution in [3.63, 3.8) is 0 Å². The molecule has 0 heterocycles. The van der Waals surface area contributed by atoms with Crippen LogP contribution in [0.15, 0.2) is 48.5 Å². The minimum absolute atomic E-state index is 0.0730. The van der Waals surface area contributed by atoms with Crippen LogP contribution in [0.5, 0.6) is 5.75 Å². The highest BCUT2D eigenvalue weighted by Gasteiger charge is 2.26. The predicted molar refractivity (Wildman–Crippen MR) is 174 cm³/mol. The van der Waals surface area contributed by atoms with Crippen molar-refractivity contribution in [3.8, 4) is 5.75 Å². The summed E-state index contributed by atoms with van der Waals surface area (Å²) in [7, 11) is 0. The second kappa shape index (κ2) is 18.7. The summed E-state index contributed by atoms with van der Waals surface area (Å²) in [4.78, 5) is 25.2. The maximum Gasteiger partial charge on any atom is 0.338 e. The number of esters is 2. The van der Waals surface area contributed by atoms with E-state index >= 15 is 0 Å². The molecule has 2 aliphatic carbocycles. The number of carbonyl (C=O) groups is 2. The van der Waals surface area contributed by atoms with Gasteiger partial charge in [-0.1, -0.05) is 32.4 Å². The third-order valence-electron chi connectivity index (χ3n) is 9.07. The fraction of sp³-hybridized carbons (Fsp3) is 0.579. The first-order valence-corrected chi connectivity index (χ1v) is 16.9. The first kappa shape index (κ1) is 33.9. The van der Waals surface area contributed by atoms with Gasteiger partial charge in [-0.15, -0.1) is 12.8 Å². The Morgan fingerprint density at radius 3 is 2.00 bits per heavy atom. The Kier molecular flexibility index (Phi) is 14.4. The minimum atomic E-state index is -0.284. The fourth-order valence-electron chi connectivity index (χ4n) is 6.18. The van der Waals surface area contributed by atoms with Gasteiger partial charge in [0.2, 0.25) is 0 Å². The second-order valence-electron chi connectivity index (χ2n) is 12.6. The summed E-state index contributed by atoms with van der Waals surface area (Å²) in [5, 5.41) is 0. The molecule has 0 spiro atoms. The number of ether oxygens (including phenoxy) is 4. The molecule has 240 valence electrons. The number of benzene rings is 2. The SMILES string of the molecule is [CH2+][CH-]CCCOc1ccc(C(=O)OC2CCC(c3ccc(C(=O)OCCCCCCOC4CCC(C)CC4)cc3)CC2)cc1. The van der Waals surface area contributed by atoms with Crippen LogP contribution in [0.4, 0.5) is 0 Å². The van der Waals surface area contributed by atoms with E-state index in [0.717, 1.165) is 82.5 Å². The number of hydrogen-bond donors (Lipinski definition) is 0. The molecular weight excluding hydrogens is 552 g/mol. The van der Waals surface area contributed by atoms with E-state index in [4.69, 9.17) is 18.9 Å². The van der Waals surface area contributed by atoms with Crippen LogP contribution in [0.2, 0.25) is 0 Å². The molecular formula is C38H52O6. The fourth-order valence-corrected chi connectivity index (χ4v) is 6.18. The lowest BCUT2D eigenvalue weighted by atomic mass is 9.82. The largest absolute Gasteiger partial charge is 0.494 e. The molecule has 0 amide bonds. The first-order valence-electron chi connectivity index (χ1n) is 16.9. The van der Waals surface area contributed by atoms with Crippen molar-refractivity contribution < 1.29 is 28.5 Å². The summed E-state index contributed by atoms with van der Waals surface area (Å²) in [6.45, 7) is 7.98. The van der Waals surface area contributed by atoms with Crippen LogP contribution in [0, 0.1) is 19.3 Å². The van der Waals surface area contributed by atoms with E-state index < -0.39 is 0 Å². The highest BCUT2D eigenvalue weighted by Crippen LogP contribution is 2.34. The molecule has 0 atom stereocenters. The molecule has 0 bridgehead atoms. The molecule has 6 heteroatoms. The molecule has 0 aromatic heterocycles. The van der Waals surface area contributed by atoms with Crippen LogP contribution in [0.3, 0.4) is 0 Å². The van der Waals surface area contributed by atoms with Crippen molar-refractivity contribution in [2.24, 2.45) is 5.92 Å². The molecule has 2 aromatic rings. The van der Waals surface area contributed by atoms with Gasteiger partial charge < -0.3 is 18.9 Å². The standard InChI is InChI=1S/C38H52O6/c1-3-4-7-26-41-35-22-18-33(19-23-35)38(40)44-36-24-16-31(17-25-36)30-12-14-32(15-13-30)37(39)43-28-9-6-5-8-27-42-34-20-10-29(2)11-21-34/h3,12-15,18-19,22-23,29,31,34,36H,1,4-11,16-17,20-21,24-28H2,2H3. The summed E-state index contributed by atoms with van der Waals surface area (Å²) in [5.41, 5.74) is 2.36. The van der Waals surface area contributed by atoms with Gasteiger partial charge in [0, 0.05) is 6.61 Å². The van der Waals surface area contributed by atoms with Gasteiger partial charge in [0.25, 0.3) is 0 Å². The van der Waals surface area contributed by atoms with Gasteiger partial charge in [0.05, 0.1) is 30.4 Å². The van der Waals surface area contributed by atoms with Gasteiger partial charge >= 0.3 is 11.9 Å². The Balaban J connectivity index is 1.07. The van der Waals surface area contributed by atoms with Crippen molar-refractivity contribution in [2.75, 3.05) is 19.8 Å². The lowest BCUT2D eigenvalue weighted by Gasteiger charge is -2.28. The zero-order valence-corrected chi connectivity index (χ0v) is 26.7. The molecule has 0 aliphatic heterocycles. The van der Waals surface area contributed by atoms with Crippen LogP contribution >= 0.6 is 0 Å². The third-order valence-corrected chi connectivity index (χ3v) is 9.07. The number of unbranched alkanes of at least 4 members (excludes halogenated alkanes) is 5. The van der Waals surface area contributed by atoms with E-state index in [9.17, 15) is 9.59 Å². The van der Waals surface area contributed by atoms with Crippen LogP contribution in [-0.4, -0.2) is 44.0 Å². The molecule has 2 saturated carbocycles. The average molecular weight is 605 g/mol. The summed E-state index contributed by atoms with van der Waals surface area (Å²) in [6, 6.07) is 15.0. The molecule has 2 aromatic carbocycles. The quantitative estimate of drug-likeness (QED) is 0.102. The highest BCUT2D eigenvalue weighted by atomic mass is 16.5. The number of rotatable bonds is 17. The van der Waals surface area contributed by atoms with Gasteiger partial charge in [-0.3, -0.25) is 0 Å². The van der Waals surface area contributed by atoms with E-state index in [1.807, 2.05) is 42.8 Å². The van der Waals surface area contributed by atoms with Gasteiger partial charge in [-0.25, -0.2) is 9.59 Å². The van der Waals surface area contributed by atoms with Crippen LogP contribution < -0.4 is 4.74 Å². The van der Waals surface area contributed by atoms with Crippen LogP contribution in [0.25, 0.3) is 0 Å². The predicted octanol–water partition coefficient (Wildman–Crippen LogP) is 9.08. The lowest BCUT2D eigenvalue weighted by molar-refractivity contribution is 0.0176. The number of carbonyl (C=O) groups excluding carboxylic acids is 2. The summed E-state index contributed by atoms with van der Waals surface area (Å²) >= 11 is 0. The molecule has 0 saturated heterocycles. The van der Waals surface area contributed by atoms with E-state index in [0.29, 0.717) is 36.4 Å². The van der Waals surface area contributed by atoms with Gasteiger partial charge in [-0.2, -0.15) is 0 Å². The molecule has 0 N–H and O–H groups in total. The van der Waals surface area contributed by atoms with Gasteiger partial charge in [0.15, 0.2) is 0 Å². The first-order chi connectivity index (χ1) is 21.5. The van der Waals surface area contributed by atoms with Crippen molar-refractivity contribution in [2.45, 2.75) is 115 Å². The Bertz CT molecular complexity index is 1100. The van der Waals surface area contributed by atoms with Crippen molar-refractivity contribution in [3.05, 3.63) is 78.6 Å². The molecule has 44 heavy (non-hydrogen) atoms. The zero-order chi connectivity index (χ0) is 31.0. The molecule has 0 unspecified atom stereocenters. The maximum absolute atomic E-state index is 12.7. The van der Waals surface area contributed by atoms with Gasteiger partial charge in [0.1, 0.15) is 11.9 Å². The second-order valence-corrected chi connectivity index (χ2v) is 12.6.